The number of nitrogens with zero attached hydrogens (tertiary/aromatic N) is 1. The highest BCUT2D eigenvalue weighted by molar-refractivity contribution is 9.10. The molecular formula is C16H25BrN2O2. The topological polar surface area (TPSA) is 33.7 Å². The molecule has 4 nitrogen and oxygen atoms in total. The zero-order valence-electron chi connectivity index (χ0n) is 13.1. The molecule has 118 valence electrons. The Bertz CT molecular complexity index is 462. The summed E-state index contributed by atoms with van der Waals surface area (Å²) in [7, 11) is 3.34. The van der Waals surface area contributed by atoms with Crippen molar-refractivity contribution in [1.29, 1.82) is 0 Å². The van der Waals surface area contributed by atoms with Gasteiger partial charge in [-0.25, -0.2) is 0 Å². The second kappa shape index (κ2) is 8.01. The number of rotatable bonds is 6. The van der Waals surface area contributed by atoms with Gasteiger partial charge in [0, 0.05) is 23.6 Å². The van der Waals surface area contributed by atoms with Crippen LogP contribution in [0.2, 0.25) is 0 Å². The van der Waals surface area contributed by atoms with Gasteiger partial charge in [-0.3, -0.25) is 4.90 Å². The Kier molecular flexibility index (Phi) is 6.33. The molecule has 0 saturated carbocycles. The van der Waals surface area contributed by atoms with E-state index in [4.69, 9.17) is 9.47 Å². The van der Waals surface area contributed by atoms with Gasteiger partial charge in [0.25, 0.3) is 0 Å². The van der Waals surface area contributed by atoms with E-state index >= 15 is 0 Å². The number of ether oxygens (including phenoxy) is 2. The summed E-state index contributed by atoms with van der Waals surface area (Å²) in [5, 5.41) is 3.49. The van der Waals surface area contributed by atoms with Gasteiger partial charge in [0.05, 0.1) is 14.2 Å². The lowest BCUT2D eigenvalue weighted by Crippen LogP contribution is -2.45. The maximum atomic E-state index is 5.42. The van der Waals surface area contributed by atoms with Crippen LogP contribution in [0.4, 0.5) is 0 Å². The van der Waals surface area contributed by atoms with Crippen LogP contribution < -0.4 is 14.8 Å². The molecule has 21 heavy (non-hydrogen) atoms. The highest BCUT2D eigenvalue weighted by atomic mass is 79.9. The molecule has 0 amide bonds. The Morgan fingerprint density at radius 3 is 2.57 bits per heavy atom. The van der Waals surface area contributed by atoms with E-state index in [0.29, 0.717) is 6.04 Å². The standard InChI is InChI=1S/C16H25BrN2O2/c1-4-19(13-6-5-7-18-10-13)11-12-8-15(20-2)16(21-3)9-14(12)17/h8-9,13,18H,4-7,10-11H2,1-3H3. The van der Waals surface area contributed by atoms with Crippen molar-refractivity contribution in [2.24, 2.45) is 0 Å². The van der Waals surface area contributed by atoms with E-state index in [-0.39, 0.29) is 0 Å². The van der Waals surface area contributed by atoms with Crippen LogP contribution in [-0.2, 0) is 6.54 Å². The second-order valence-electron chi connectivity index (χ2n) is 5.36. The first-order valence-electron chi connectivity index (χ1n) is 7.54. The monoisotopic (exact) mass is 356 g/mol. The van der Waals surface area contributed by atoms with Gasteiger partial charge in [0.15, 0.2) is 11.5 Å². The minimum Gasteiger partial charge on any atom is -0.493 e. The summed E-state index contributed by atoms with van der Waals surface area (Å²) in [4.78, 5) is 2.53. The summed E-state index contributed by atoms with van der Waals surface area (Å²) < 4.78 is 11.8. The zero-order chi connectivity index (χ0) is 15.2. The van der Waals surface area contributed by atoms with E-state index in [1.807, 2.05) is 6.07 Å². The van der Waals surface area contributed by atoms with Gasteiger partial charge in [0.2, 0.25) is 0 Å². The fourth-order valence-electron chi connectivity index (χ4n) is 2.88. The molecule has 0 radical (unpaired) electrons. The molecular weight excluding hydrogens is 332 g/mol. The molecule has 1 unspecified atom stereocenters. The lowest BCUT2D eigenvalue weighted by molar-refractivity contribution is 0.165. The molecule has 2 rings (SSSR count). The van der Waals surface area contributed by atoms with Crippen LogP contribution in [0.3, 0.4) is 0 Å². The minimum absolute atomic E-state index is 0.615. The first-order valence-corrected chi connectivity index (χ1v) is 8.34. The number of likely N-dealkylation sites (N-methyl/N-ethyl adjacent to an activating group) is 1. The highest BCUT2D eigenvalue weighted by Crippen LogP contribution is 2.34. The lowest BCUT2D eigenvalue weighted by Gasteiger charge is -2.34. The van der Waals surface area contributed by atoms with Crippen molar-refractivity contribution in [2.45, 2.75) is 32.4 Å². The van der Waals surface area contributed by atoms with Crippen LogP contribution in [0.1, 0.15) is 25.3 Å². The van der Waals surface area contributed by atoms with Crippen molar-refractivity contribution in [3.05, 3.63) is 22.2 Å². The highest BCUT2D eigenvalue weighted by Gasteiger charge is 2.21. The molecule has 1 N–H and O–H groups in total. The summed E-state index contributed by atoms with van der Waals surface area (Å²) >= 11 is 3.66. The molecule has 1 aliphatic heterocycles. The number of benzene rings is 1. The van der Waals surface area contributed by atoms with Crippen molar-refractivity contribution in [3.8, 4) is 11.5 Å². The number of hydrogen-bond donors (Lipinski definition) is 1. The SMILES string of the molecule is CCN(Cc1cc(OC)c(OC)cc1Br)C1CCCNC1. The third-order valence-electron chi connectivity index (χ3n) is 4.12. The molecule has 0 spiro atoms. The summed E-state index contributed by atoms with van der Waals surface area (Å²) in [5.41, 5.74) is 1.24. The third-order valence-corrected chi connectivity index (χ3v) is 4.86. The molecule has 1 heterocycles. The van der Waals surface area contributed by atoms with E-state index in [1.54, 1.807) is 14.2 Å². The average Bonchev–Trinajstić information content (AvgIpc) is 2.54. The number of piperidine rings is 1. The average molecular weight is 357 g/mol. The number of hydrogen-bond acceptors (Lipinski definition) is 4. The van der Waals surface area contributed by atoms with Crippen LogP contribution in [-0.4, -0.2) is 44.8 Å². The van der Waals surface area contributed by atoms with E-state index in [2.05, 4.69) is 39.1 Å². The number of methoxy groups -OCH3 is 2. The maximum Gasteiger partial charge on any atom is 0.161 e. The summed E-state index contributed by atoms with van der Waals surface area (Å²) in [6.07, 6.45) is 2.53. The van der Waals surface area contributed by atoms with Crippen LogP contribution in [0.5, 0.6) is 11.5 Å². The van der Waals surface area contributed by atoms with E-state index in [9.17, 15) is 0 Å². The van der Waals surface area contributed by atoms with Gasteiger partial charge in [-0.05, 0) is 43.6 Å². The van der Waals surface area contributed by atoms with Gasteiger partial charge < -0.3 is 14.8 Å². The molecule has 1 aromatic carbocycles. The Morgan fingerprint density at radius 1 is 1.29 bits per heavy atom. The summed E-state index contributed by atoms with van der Waals surface area (Å²) in [6.45, 7) is 6.42. The molecule has 0 bridgehead atoms. The van der Waals surface area contributed by atoms with Crippen molar-refractivity contribution in [2.75, 3.05) is 33.9 Å². The van der Waals surface area contributed by atoms with Crippen molar-refractivity contribution in [3.63, 3.8) is 0 Å². The van der Waals surface area contributed by atoms with E-state index < -0.39 is 0 Å². The smallest absolute Gasteiger partial charge is 0.161 e. The predicted octanol–water partition coefficient (Wildman–Crippen LogP) is 3.04. The first kappa shape index (κ1) is 16.6. The fraction of sp³-hybridized carbons (Fsp3) is 0.625. The van der Waals surface area contributed by atoms with Crippen LogP contribution in [0, 0.1) is 0 Å². The van der Waals surface area contributed by atoms with Crippen LogP contribution in [0.15, 0.2) is 16.6 Å². The third kappa shape index (κ3) is 4.11. The predicted molar refractivity (Wildman–Crippen MR) is 89.2 cm³/mol. The molecule has 1 aromatic rings. The van der Waals surface area contributed by atoms with E-state index in [0.717, 1.165) is 42.2 Å². The van der Waals surface area contributed by atoms with Gasteiger partial charge in [0.1, 0.15) is 0 Å². The van der Waals surface area contributed by atoms with Gasteiger partial charge >= 0.3 is 0 Å². The Hall–Kier alpha value is -0.780. The molecule has 1 fully saturated rings. The van der Waals surface area contributed by atoms with E-state index in [1.165, 1.54) is 18.4 Å². The first-order chi connectivity index (χ1) is 10.2. The number of halogens is 1. The Balaban J connectivity index is 2.16. The van der Waals surface area contributed by atoms with Gasteiger partial charge in [-0.15, -0.1) is 0 Å². The van der Waals surface area contributed by atoms with Crippen molar-refractivity contribution in [1.82, 2.24) is 10.2 Å². The maximum absolute atomic E-state index is 5.42. The lowest BCUT2D eigenvalue weighted by atomic mass is 10.0. The molecule has 0 aliphatic carbocycles. The molecule has 1 aliphatic rings. The zero-order valence-corrected chi connectivity index (χ0v) is 14.7. The minimum atomic E-state index is 0.615. The molecule has 1 atom stereocenters. The van der Waals surface area contributed by atoms with Crippen molar-refractivity contribution < 1.29 is 9.47 Å². The second-order valence-corrected chi connectivity index (χ2v) is 6.22. The fourth-order valence-corrected chi connectivity index (χ4v) is 3.33. The number of nitrogens with one attached hydrogen (secondary N) is 1. The molecule has 1 saturated heterocycles. The van der Waals surface area contributed by atoms with Gasteiger partial charge in [-0.1, -0.05) is 22.9 Å². The summed E-state index contributed by atoms with van der Waals surface area (Å²) in [6, 6.07) is 4.67. The Labute approximate surface area is 135 Å². The normalized spacial score (nSPS) is 18.8. The van der Waals surface area contributed by atoms with Crippen molar-refractivity contribution >= 4 is 15.9 Å². The molecule has 5 heteroatoms. The van der Waals surface area contributed by atoms with Gasteiger partial charge in [-0.2, -0.15) is 0 Å². The quantitative estimate of drug-likeness (QED) is 0.849. The largest absolute Gasteiger partial charge is 0.493 e. The Morgan fingerprint density at radius 2 is 2.00 bits per heavy atom. The molecule has 0 aromatic heterocycles. The van der Waals surface area contributed by atoms with Crippen LogP contribution >= 0.6 is 15.9 Å². The van der Waals surface area contributed by atoms with Crippen LogP contribution in [0.25, 0.3) is 0 Å². The summed E-state index contributed by atoms with van der Waals surface area (Å²) in [5.74, 6) is 1.55.